The minimum atomic E-state index is -0.279. The Hall–Kier alpha value is -3.39. The molecular formula is C20H19N5O2S. The van der Waals surface area contributed by atoms with Crippen molar-refractivity contribution >= 4 is 28.7 Å². The van der Waals surface area contributed by atoms with Crippen molar-refractivity contribution in [3.05, 3.63) is 71.6 Å². The number of rotatable bonds is 6. The Morgan fingerprint density at radius 3 is 2.75 bits per heavy atom. The molecule has 1 N–H and O–H groups in total. The van der Waals surface area contributed by atoms with Crippen molar-refractivity contribution in [3.8, 4) is 10.8 Å². The van der Waals surface area contributed by atoms with Gasteiger partial charge in [0.2, 0.25) is 0 Å². The predicted molar refractivity (Wildman–Crippen MR) is 110 cm³/mol. The molecule has 0 radical (unpaired) electrons. The van der Waals surface area contributed by atoms with Gasteiger partial charge in [0.25, 0.3) is 5.91 Å². The highest BCUT2D eigenvalue weighted by molar-refractivity contribution is 7.13. The lowest BCUT2D eigenvalue weighted by Gasteiger charge is -2.13. The van der Waals surface area contributed by atoms with Crippen molar-refractivity contribution in [2.45, 2.75) is 6.54 Å². The van der Waals surface area contributed by atoms with Gasteiger partial charge in [-0.3, -0.25) is 4.79 Å². The van der Waals surface area contributed by atoms with Gasteiger partial charge in [-0.1, -0.05) is 12.1 Å². The van der Waals surface area contributed by atoms with Crippen LogP contribution in [0, 0.1) is 0 Å². The average molecular weight is 393 g/mol. The van der Waals surface area contributed by atoms with E-state index in [-0.39, 0.29) is 5.91 Å². The molecule has 0 fully saturated rings. The zero-order valence-electron chi connectivity index (χ0n) is 15.5. The average Bonchev–Trinajstić information content (AvgIpc) is 3.44. The topological polar surface area (TPSA) is 76.2 Å². The van der Waals surface area contributed by atoms with Crippen LogP contribution in [0.5, 0.6) is 0 Å². The molecule has 3 aromatic heterocycles. The smallest absolute Gasteiger partial charge is 0.276 e. The molecule has 3 heterocycles. The third kappa shape index (κ3) is 3.81. The summed E-state index contributed by atoms with van der Waals surface area (Å²) in [6.45, 7) is 0.561. The first-order valence-corrected chi connectivity index (χ1v) is 9.57. The van der Waals surface area contributed by atoms with Gasteiger partial charge in [0.05, 0.1) is 19.0 Å². The van der Waals surface area contributed by atoms with Gasteiger partial charge < -0.3 is 14.6 Å². The van der Waals surface area contributed by atoms with Crippen LogP contribution in [0.15, 0.2) is 64.7 Å². The summed E-state index contributed by atoms with van der Waals surface area (Å²) < 4.78 is 7.08. The molecule has 142 valence electrons. The first-order chi connectivity index (χ1) is 13.6. The molecule has 0 aliphatic rings. The van der Waals surface area contributed by atoms with Crippen LogP contribution >= 0.6 is 11.3 Å². The highest BCUT2D eigenvalue weighted by atomic mass is 32.1. The summed E-state index contributed by atoms with van der Waals surface area (Å²) in [6.07, 6.45) is 3.25. The number of furan rings is 1. The van der Waals surface area contributed by atoms with Gasteiger partial charge in [-0.2, -0.15) is 5.10 Å². The first-order valence-electron chi connectivity index (χ1n) is 8.69. The van der Waals surface area contributed by atoms with Gasteiger partial charge in [0.15, 0.2) is 10.8 Å². The fourth-order valence-corrected chi connectivity index (χ4v) is 3.48. The molecule has 4 aromatic rings. The van der Waals surface area contributed by atoms with Gasteiger partial charge in [0.1, 0.15) is 11.5 Å². The number of nitrogens with zero attached hydrogens (tertiary/aromatic N) is 4. The maximum absolute atomic E-state index is 12.6. The Kier molecular flexibility index (Phi) is 4.94. The molecular weight excluding hydrogens is 374 g/mol. The molecule has 1 aromatic carbocycles. The normalized spacial score (nSPS) is 10.8. The Labute approximate surface area is 166 Å². The number of nitrogens with one attached hydrogen (secondary N) is 1. The van der Waals surface area contributed by atoms with Crippen LogP contribution < -0.4 is 10.2 Å². The predicted octanol–water partition coefficient (Wildman–Crippen LogP) is 3.97. The number of hydrogen-bond acceptors (Lipinski definition) is 6. The monoisotopic (exact) mass is 393 g/mol. The van der Waals surface area contributed by atoms with Gasteiger partial charge in [-0.15, -0.1) is 11.3 Å². The molecule has 0 spiro atoms. The van der Waals surface area contributed by atoms with Crippen LogP contribution in [0.4, 0.5) is 11.5 Å². The van der Waals surface area contributed by atoms with Crippen LogP contribution in [-0.2, 0) is 6.54 Å². The van der Waals surface area contributed by atoms with E-state index in [1.165, 1.54) is 11.3 Å². The van der Waals surface area contributed by atoms with Crippen molar-refractivity contribution < 1.29 is 9.21 Å². The molecule has 28 heavy (non-hydrogen) atoms. The number of anilines is 2. The van der Waals surface area contributed by atoms with E-state index in [0.717, 1.165) is 11.3 Å². The second-order valence-electron chi connectivity index (χ2n) is 6.40. The Morgan fingerprint density at radius 1 is 1.21 bits per heavy atom. The molecule has 4 rings (SSSR count). The van der Waals surface area contributed by atoms with Crippen LogP contribution in [-0.4, -0.2) is 34.8 Å². The van der Waals surface area contributed by atoms with Crippen molar-refractivity contribution in [1.29, 1.82) is 0 Å². The fraction of sp³-hybridized carbons (Fsp3) is 0.150. The second-order valence-corrected chi connectivity index (χ2v) is 7.26. The molecule has 1 amide bonds. The van der Waals surface area contributed by atoms with Crippen LogP contribution in [0.2, 0.25) is 0 Å². The Bertz CT molecular complexity index is 1060. The summed E-state index contributed by atoms with van der Waals surface area (Å²) in [5.41, 5.74) is 2.58. The van der Waals surface area contributed by atoms with E-state index in [9.17, 15) is 4.79 Å². The quantitative estimate of drug-likeness (QED) is 0.536. The lowest BCUT2D eigenvalue weighted by atomic mass is 10.2. The van der Waals surface area contributed by atoms with E-state index in [4.69, 9.17) is 4.42 Å². The van der Waals surface area contributed by atoms with Gasteiger partial charge in [-0.05, 0) is 29.8 Å². The van der Waals surface area contributed by atoms with Gasteiger partial charge in [0, 0.05) is 31.2 Å². The number of thiazole rings is 1. The molecule has 7 nitrogen and oxygen atoms in total. The molecule has 0 atom stereocenters. The number of carbonyl (C=O) groups excluding carboxylic acids is 1. The van der Waals surface area contributed by atoms with Gasteiger partial charge >= 0.3 is 0 Å². The first kappa shape index (κ1) is 18.0. The van der Waals surface area contributed by atoms with E-state index < -0.39 is 0 Å². The maximum Gasteiger partial charge on any atom is 0.276 e. The Balaban J connectivity index is 1.46. The minimum Gasteiger partial charge on any atom is -0.462 e. The summed E-state index contributed by atoms with van der Waals surface area (Å²) in [5.74, 6) is 0.989. The number of carbonyl (C=O) groups is 1. The number of aromatic nitrogens is 3. The third-order valence-corrected chi connectivity index (χ3v) is 5.07. The zero-order valence-corrected chi connectivity index (χ0v) is 16.3. The van der Waals surface area contributed by atoms with Crippen molar-refractivity contribution in [3.63, 3.8) is 0 Å². The SMILES string of the molecule is CN(C)c1ccc(Cn2nccc2NC(=O)c2csc(-c3ccco3)n2)cc1. The highest BCUT2D eigenvalue weighted by Gasteiger charge is 2.15. The minimum absolute atomic E-state index is 0.279. The molecule has 0 aliphatic heterocycles. The molecule has 0 aliphatic carbocycles. The lowest BCUT2D eigenvalue weighted by Crippen LogP contribution is -2.16. The molecule has 0 bridgehead atoms. The molecule has 0 unspecified atom stereocenters. The van der Waals surface area contributed by atoms with Crippen LogP contribution in [0.25, 0.3) is 10.8 Å². The summed E-state index contributed by atoms with van der Waals surface area (Å²) >= 11 is 1.37. The number of hydrogen-bond donors (Lipinski definition) is 1. The molecule has 0 saturated carbocycles. The fourth-order valence-electron chi connectivity index (χ4n) is 2.71. The van der Waals surface area contributed by atoms with Crippen molar-refractivity contribution in [2.24, 2.45) is 0 Å². The molecule has 8 heteroatoms. The summed E-state index contributed by atoms with van der Waals surface area (Å²) in [5, 5.41) is 9.59. The van der Waals surface area contributed by atoms with E-state index in [0.29, 0.717) is 28.8 Å². The van der Waals surface area contributed by atoms with Crippen molar-refractivity contribution in [2.75, 3.05) is 24.3 Å². The van der Waals surface area contributed by atoms with Crippen molar-refractivity contribution in [1.82, 2.24) is 14.8 Å². The van der Waals surface area contributed by atoms with Crippen LogP contribution in [0.1, 0.15) is 16.1 Å². The third-order valence-electron chi connectivity index (χ3n) is 4.21. The van der Waals surface area contributed by atoms with E-state index in [1.807, 2.05) is 25.1 Å². The van der Waals surface area contributed by atoms with E-state index in [1.54, 1.807) is 34.7 Å². The summed E-state index contributed by atoms with van der Waals surface area (Å²) in [6, 6.07) is 13.6. The second kappa shape index (κ2) is 7.69. The largest absolute Gasteiger partial charge is 0.462 e. The van der Waals surface area contributed by atoms with Gasteiger partial charge in [-0.25, -0.2) is 9.67 Å². The molecule has 0 saturated heterocycles. The Morgan fingerprint density at radius 2 is 2.04 bits per heavy atom. The number of benzene rings is 1. The lowest BCUT2D eigenvalue weighted by molar-refractivity contribution is 0.102. The van der Waals surface area contributed by atoms with E-state index >= 15 is 0 Å². The summed E-state index contributed by atoms with van der Waals surface area (Å²) in [4.78, 5) is 19.0. The van der Waals surface area contributed by atoms with E-state index in [2.05, 4.69) is 39.7 Å². The van der Waals surface area contributed by atoms with Crippen LogP contribution in [0.3, 0.4) is 0 Å². The zero-order chi connectivity index (χ0) is 19.5. The maximum atomic E-state index is 12.6. The highest BCUT2D eigenvalue weighted by Crippen LogP contribution is 2.24. The number of amides is 1. The summed E-state index contributed by atoms with van der Waals surface area (Å²) in [7, 11) is 4.01. The standard InChI is InChI=1S/C20H19N5O2S/c1-24(2)15-7-5-14(6-8-15)12-25-18(9-10-21-25)23-19(26)16-13-28-20(22-16)17-4-3-11-27-17/h3-11,13H,12H2,1-2H3,(H,23,26).